The van der Waals surface area contributed by atoms with Crippen LogP contribution in [0.15, 0.2) is 66.7 Å². The first kappa shape index (κ1) is 13.3. The third-order valence-corrected chi connectivity index (χ3v) is 4.74. The lowest BCUT2D eigenvalue weighted by atomic mass is 9.85. The van der Waals surface area contributed by atoms with E-state index in [4.69, 9.17) is 14.5 Å². The molecule has 1 saturated heterocycles. The molecule has 3 heteroatoms. The Balaban J connectivity index is 1.89. The summed E-state index contributed by atoms with van der Waals surface area (Å²) < 4.78 is 6.49. The maximum atomic E-state index is 6.49. The van der Waals surface area contributed by atoms with E-state index in [0.29, 0.717) is 6.61 Å². The van der Waals surface area contributed by atoms with E-state index < -0.39 is 5.79 Å². The highest BCUT2D eigenvalue weighted by molar-refractivity contribution is 5.91. The summed E-state index contributed by atoms with van der Waals surface area (Å²) in [6.07, 6.45) is 0.749. The van der Waals surface area contributed by atoms with E-state index in [1.165, 1.54) is 16.3 Å². The standard InChI is InChI=1S/C20H16O3/c1-2-8-15(9-3-1)20-17-11-5-7-14-6-4-10-16(19(14)17)18(22-20)12-13-21-23-20/h1-11,18H,12-13H2. The first-order valence-corrected chi connectivity index (χ1v) is 7.94. The molecule has 0 aliphatic carbocycles. The Morgan fingerprint density at radius 1 is 0.870 bits per heavy atom. The Labute approximate surface area is 134 Å². The molecule has 0 aromatic heterocycles. The van der Waals surface area contributed by atoms with Crippen LogP contribution in [0.25, 0.3) is 10.8 Å². The molecule has 0 radical (unpaired) electrons. The normalized spacial score (nSPS) is 26.0. The van der Waals surface area contributed by atoms with Crippen molar-refractivity contribution in [2.45, 2.75) is 18.3 Å². The van der Waals surface area contributed by atoms with Crippen LogP contribution in [0.3, 0.4) is 0 Å². The summed E-state index contributed by atoms with van der Waals surface area (Å²) in [7, 11) is 0. The molecule has 2 heterocycles. The maximum absolute atomic E-state index is 6.49. The van der Waals surface area contributed by atoms with Gasteiger partial charge in [0.25, 0.3) is 5.79 Å². The minimum absolute atomic E-state index is 0.0312. The molecule has 2 aliphatic heterocycles. The van der Waals surface area contributed by atoms with E-state index in [0.717, 1.165) is 17.5 Å². The van der Waals surface area contributed by atoms with Crippen molar-refractivity contribution in [1.82, 2.24) is 0 Å². The molecule has 0 amide bonds. The Bertz CT molecular complexity index is 869. The van der Waals surface area contributed by atoms with Crippen molar-refractivity contribution in [3.05, 3.63) is 83.4 Å². The van der Waals surface area contributed by atoms with Crippen molar-refractivity contribution < 1.29 is 14.5 Å². The molecule has 3 aromatic rings. The topological polar surface area (TPSA) is 27.7 Å². The molecular weight excluding hydrogens is 288 g/mol. The van der Waals surface area contributed by atoms with Crippen LogP contribution >= 0.6 is 0 Å². The largest absolute Gasteiger partial charge is 0.332 e. The lowest BCUT2D eigenvalue weighted by Gasteiger charge is -2.39. The summed E-state index contributed by atoms with van der Waals surface area (Å²) in [6, 6.07) is 22.7. The summed E-state index contributed by atoms with van der Waals surface area (Å²) in [4.78, 5) is 11.4. The summed E-state index contributed by atoms with van der Waals surface area (Å²) >= 11 is 0. The van der Waals surface area contributed by atoms with Gasteiger partial charge >= 0.3 is 0 Å². The minimum atomic E-state index is -1.00. The van der Waals surface area contributed by atoms with Crippen molar-refractivity contribution in [2.24, 2.45) is 0 Å². The molecule has 0 N–H and O–H groups in total. The van der Waals surface area contributed by atoms with E-state index in [-0.39, 0.29) is 6.10 Å². The number of benzene rings is 3. The number of fused-ring (bicyclic) bond motifs is 4. The van der Waals surface area contributed by atoms with Crippen LogP contribution in [-0.2, 0) is 20.3 Å². The second-order valence-electron chi connectivity index (χ2n) is 6.03. The van der Waals surface area contributed by atoms with Crippen molar-refractivity contribution in [3.8, 4) is 0 Å². The molecule has 0 saturated carbocycles. The van der Waals surface area contributed by atoms with Gasteiger partial charge in [0.2, 0.25) is 0 Å². The van der Waals surface area contributed by atoms with Crippen LogP contribution in [0.4, 0.5) is 0 Å². The zero-order chi connectivity index (χ0) is 15.3. The fourth-order valence-corrected chi connectivity index (χ4v) is 3.73. The Kier molecular flexibility index (Phi) is 2.82. The summed E-state index contributed by atoms with van der Waals surface area (Å²) in [5.41, 5.74) is 3.18. The molecule has 0 spiro atoms. The number of ether oxygens (including phenoxy) is 1. The molecule has 2 atom stereocenters. The van der Waals surface area contributed by atoms with Gasteiger partial charge in [0.1, 0.15) is 0 Å². The molecule has 2 unspecified atom stereocenters. The second kappa shape index (κ2) is 4.90. The average Bonchev–Trinajstić information content (AvgIpc) is 2.82. The van der Waals surface area contributed by atoms with Crippen molar-refractivity contribution in [3.63, 3.8) is 0 Å². The van der Waals surface area contributed by atoms with Gasteiger partial charge in [-0.05, 0) is 16.3 Å². The maximum Gasteiger partial charge on any atom is 0.255 e. The third-order valence-electron chi connectivity index (χ3n) is 4.74. The van der Waals surface area contributed by atoms with Gasteiger partial charge in [0, 0.05) is 17.5 Å². The van der Waals surface area contributed by atoms with Gasteiger partial charge < -0.3 is 4.74 Å². The zero-order valence-corrected chi connectivity index (χ0v) is 12.6. The van der Waals surface area contributed by atoms with E-state index in [1.807, 2.05) is 36.4 Å². The number of rotatable bonds is 1. The van der Waals surface area contributed by atoms with Gasteiger partial charge in [-0.25, -0.2) is 4.89 Å². The van der Waals surface area contributed by atoms with Crippen LogP contribution < -0.4 is 0 Å². The highest BCUT2D eigenvalue weighted by Gasteiger charge is 2.47. The average molecular weight is 304 g/mol. The molecule has 3 aromatic carbocycles. The molecule has 2 aliphatic rings. The number of hydrogen-bond acceptors (Lipinski definition) is 3. The molecule has 3 nitrogen and oxygen atoms in total. The SMILES string of the molecule is c1ccc(C23OOCCC(O2)c2cccc4cccc3c24)cc1. The predicted octanol–water partition coefficient (Wildman–Crippen LogP) is 4.46. The molecule has 114 valence electrons. The van der Waals surface area contributed by atoms with E-state index >= 15 is 0 Å². The quantitative estimate of drug-likeness (QED) is 0.621. The second-order valence-corrected chi connectivity index (χ2v) is 6.03. The van der Waals surface area contributed by atoms with Crippen LogP contribution in [0.2, 0.25) is 0 Å². The van der Waals surface area contributed by atoms with Gasteiger partial charge in [0.15, 0.2) is 0 Å². The van der Waals surface area contributed by atoms with Crippen LogP contribution in [0, 0.1) is 0 Å². The van der Waals surface area contributed by atoms with Crippen LogP contribution in [-0.4, -0.2) is 6.61 Å². The van der Waals surface area contributed by atoms with E-state index in [1.54, 1.807) is 0 Å². The Morgan fingerprint density at radius 2 is 1.70 bits per heavy atom. The summed E-state index contributed by atoms with van der Waals surface area (Å²) in [5.74, 6) is -1.00. The monoisotopic (exact) mass is 304 g/mol. The van der Waals surface area contributed by atoms with Gasteiger partial charge in [0.05, 0.1) is 12.7 Å². The zero-order valence-electron chi connectivity index (χ0n) is 12.6. The smallest absolute Gasteiger partial charge is 0.255 e. The summed E-state index contributed by atoms with van der Waals surface area (Å²) in [6.45, 7) is 0.517. The predicted molar refractivity (Wildman–Crippen MR) is 86.7 cm³/mol. The third kappa shape index (κ3) is 1.81. The minimum Gasteiger partial charge on any atom is -0.332 e. The molecule has 23 heavy (non-hydrogen) atoms. The summed E-state index contributed by atoms with van der Waals surface area (Å²) in [5, 5.41) is 2.43. The van der Waals surface area contributed by atoms with Gasteiger partial charge in [-0.3, -0.25) is 0 Å². The molecular formula is C20H16O3. The van der Waals surface area contributed by atoms with E-state index in [9.17, 15) is 0 Å². The van der Waals surface area contributed by atoms with Crippen molar-refractivity contribution in [2.75, 3.05) is 6.61 Å². The lowest BCUT2D eigenvalue weighted by molar-refractivity contribution is -0.412. The highest BCUT2D eigenvalue weighted by Crippen LogP contribution is 2.50. The molecule has 2 bridgehead atoms. The van der Waals surface area contributed by atoms with Crippen molar-refractivity contribution >= 4 is 10.8 Å². The van der Waals surface area contributed by atoms with Gasteiger partial charge in [-0.1, -0.05) is 66.7 Å². The van der Waals surface area contributed by atoms with Crippen molar-refractivity contribution in [1.29, 1.82) is 0 Å². The fraction of sp³-hybridized carbons (Fsp3) is 0.200. The van der Waals surface area contributed by atoms with E-state index in [2.05, 4.69) is 30.3 Å². The van der Waals surface area contributed by atoms with Gasteiger partial charge in [-0.15, -0.1) is 0 Å². The fourth-order valence-electron chi connectivity index (χ4n) is 3.73. The Hall–Kier alpha value is -2.20. The Morgan fingerprint density at radius 3 is 2.57 bits per heavy atom. The molecule has 5 rings (SSSR count). The molecule has 1 fully saturated rings. The van der Waals surface area contributed by atoms with Crippen LogP contribution in [0.1, 0.15) is 29.2 Å². The lowest BCUT2D eigenvalue weighted by Crippen LogP contribution is -2.37. The number of hydrogen-bond donors (Lipinski definition) is 0. The van der Waals surface area contributed by atoms with Gasteiger partial charge in [-0.2, -0.15) is 4.89 Å². The highest BCUT2D eigenvalue weighted by atomic mass is 17.2. The van der Waals surface area contributed by atoms with Crippen LogP contribution in [0.5, 0.6) is 0 Å². The first-order chi connectivity index (χ1) is 11.4. The first-order valence-electron chi connectivity index (χ1n) is 7.94.